The molecule has 178 valence electrons. The fourth-order valence-electron chi connectivity index (χ4n) is 3.82. The largest absolute Gasteiger partial charge is 0.493 e. The Labute approximate surface area is 195 Å². The molecule has 1 aromatic rings. The average molecular weight is 456 g/mol. The lowest BCUT2D eigenvalue weighted by atomic mass is 10.1. The highest BCUT2D eigenvalue weighted by molar-refractivity contribution is 5.81. The molecule has 0 spiro atoms. The summed E-state index contributed by atoms with van der Waals surface area (Å²) >= 11 is 0. The zero-order valence-electron chi connectivity index (χ0n) is 19.4. The van der Waals surface area contributed by atoms with Crippen LogP contribution in [-0.4, -0.2) is 57.7 Å². The summed E-state index contributed by atoms with van der Waals surface area (Å²) in [4.78, 5) is 14.4. The van der Waals surface area contributed by atoms with E-state index >= 15 is 0 Å². The molecule has 1 aliphatic heterocycles. The number of carbonyl (C=O) groups excluding carboxylic acids is 1. The molecule has 8 nitrogen and oxygen atoms in total. The Hall–Kier alpha value is -3.26. The van der Waals surface area contributed by atoms with Gasteiger partial charge in [-0.2, -0.15) is 0 Å². The van der Waals surface area contributed by atoms with Crippen molar-refractivity contribution in [3.63, 3.8) is 0 Å². The number of nitrogens with one attached hydrogen (secondary N) is 2. The normalized spacial score (nSPS) is 16.8. The van der Waals surface area contributed by atoms with Gasteiger partial charge in [-0.25, -0.2) is 4.79 Å². The predicted octanol–water partition coefficient (Wildman–Crippen LogP) is 4.48. The Morgan fingerprint density at radius 1 is 1.09 bits per heavy atom. The maximum absolute atomic E-state index is 12.1. The first-order chi connectivity index (χ1) is 16.1. The minimum Gasteiger partial charge on any atom is -0.493 e. The molecule has 2 N–H and O–H groups in total. The van der Waals surface area contributed by atoms with Gasteiger partial charge in [0, 0.05) is 30.4 Å². The average Bonchev–Trinajstić information content (AvgIpc) is 2.85. The van der Waals surface area contributed by atoms with E-state index in [0.29, 0.717) is 36.7 Å². The van der Waals surface area contributed by atoms with Gasteiger partial charge in [-0.05, 0) is 68.8 Å². The molecule has 33 heavy (non-hydrogen) atoms. The van der Waals surface area contributed by atoms with E-state index in [4.69, 9.17) is 24.4 Å². The highest BCUT2D eigenvalue weighted by Crippen LogP contribution is 2.32. The summed E-state index contributed by atoms with van der Waals surface area (Å²) in [6, 6.07) is 5.45. The van der Waals surface area contributed by atoms with Gasteiger partial charge < -0.3 is 24.4 Å². The standard InChI is InChI=1S/C25H33N3O5/c1-30-23-11-6-19(18-24(23)31-2)22(12-13-26)33-21-9-7-20(8-10-21)27-25(29)32-17-16-28-14-4-3-5-15-28/h6-7,9,11-13,18,26H,3-5,8,10,14-17H2,1-2H3,(H,27,29)/b22-12+,26-13?. The molecule has 0 atom stereocenters. The molecule has 0 saturated carbocycles. The van der Waals surface area contributed by atoms with Gasteiger partial charge in [-0.3, -0.25) is 10.2 Å². The van der Waals surface area contributed by atoms with Crippen LogP contribution < -0.4 is 14.8 Å². The Morgan fingerprint density at radius 2 is 1.88 bits per heavy atom. The first-order valence-corrected chi connectivity index (χ1v) is 11.3. The van der Waals surface area contributed by atoms with Crippen LogP contribution in [-0.2, 0) is 9.47 Å². The van der Waals surface area contributed by atoms with E-state index < -0.39 is 6.09 Å². The van der Waals surface area contributed by atoms with Gasteiger partial charge in [0.15, 0.2) is 11.5 Å². The van der Waals surface area contributed by atoms with E-state index in [1.54, 1.807) is 32.4 Å². The summed E-state index contributed by atoms with van der Waals surface area (Å²) in [5, 5.41) is 10.3. The molecule has 0 radical (unpaired) electrons. The Kier molecular flexibility index (Phi) is 9.38. The van der Waals surface area contributed by atoms with Crippen LogP contribution in [0.5, 0.6) is 11.5 Å². The number of hydrogen-bond donors (Lipinski definition) is 2. The Bertz CT molecular complexity index is 917. The Morgan fingerprint density at radius 3 is 2.55 bits per heavy atom. The number of methoxy groups -OCH3 is 2. The van der Waals surface area contributed by atoms with E-state index in [-0.39, 0.29) is 0 Å². The fourth-order valence-corrected chi connectivity index (χ4v) is 3.82. The van der Waals surface area contributed by atoms with Gasteiger partial charge in [0.05, 0.1) is 14.2 Å². The highest BCUT2D eigenvalue weighted by atomic mass is 16.5. The van der Waals surface area contributed by atoms with Crippen LogP contribution in [0.4, 0.5) is 4.79 Å². The third-order valence-corrected chi connectivity index (χ3v) is 5.61. The topological polar surface area (TPSA) is 93.1 Å². The molecule has 8 heteroatoms. The minimum atomic E-state index is -0.425. The zero-order valence-corrected chi connectivity index (χ0v) is 19.4. The van der Waals surface area contributed by atoms with E-state index in [9.17, 15) is 4.79 Å². The first kappa shape index (κ1) is 24.4. The number of hydrogen-bond acceptors (Lipinski definition) is 7. The predicted molar refractivity (Wildman–Crippen MR) is 128 cm³/mol. The number of benzene rings is 1. The lowest BCUT2D eigenvalue weighted by molar-refractivity contribution is 0.122. The Balaban J connectivity index is 1.53. The van der Waals surface area contributed by atoms with Gasteiger partial charge >= 0.3 is 6.09 Å². The molecule has 1 heterocycles. The molecule has 1 aliphatic carbocycles. The number of piperidine rings is 1. The number of ether oxygens (including phenoxy) is 4. The summed E-state index contributed by atoms with van der Waals surface area (Å²) < 4.78 is 22.0. The van der Waals surface area contributed by atoms with Crippen LogP contribution in [0.2, 0.25) is 0 Å². The van der Waals surface area contributed by atoms with Gasteiger partial charge in [0.2, 0.25) is 0 Å². The van der Waals surface area contributed by atoms with Crippen molar-refractivity contribution in [1.82, 2.24) is 10.2 Å². The third kappa shape index (κ3) is 7.39. The zero-order chi connectivity index (χ0) is 23.5. The molecular weight excluding hydrogens is 422 g/mol. The van der Waals surface area contributed by atoms with E-state index in [1.165, 1.54) is 25.5 Å². The number of amides is 1. The summed E-state index contributed by atoms with van der Waals surface area (Å²) in [5.41, 5.74) is 1.55. The molecular formula is C25H33N3O5. The third-order valence-electron chi connectivity index (χ3n) is 5.61. The lowest BCUT2D eigenvalue weighted by Gasteiger charge is -2.26. The molecule has 0 bridgehead atoms. The summed E-state index contributed by atoms with van der Waals surface area (Å²) in [5.74, 6) is 2.46. The SMILES string of the molecule is COc1ccc(/C(=C\C=N)OC2=CC=C(NC(=O)OCCN3CCCCC3)CC2)cc1OC. The van der Waals surface area contributed by atoms with Crippen LogP contribution in [0.3, 0.4) is 0 Å². The second-order valence-corrected chi connectivity index (χ2v) is 7.86. The number of likely N-dealkylation sites (tertiary alicyclic amines) is 1. The van der Waals surface area contributed by atoms with Crippen molar-refractivity contribution in [2.75, 3.05) is 40.5 Å². The number of rotatable bonds is 10. The van der Waals surface area contributed by atoms with E-state index in [2.05, 4.69) is 10.2 Å². The second kappa shape index (κ2) is 12.7. The van der Waals surface area contributed by atoms with Gasteiger partial charge in [-0.15, -0.1) is 0 Å². The van der Waals surface area contributed by atoms with Crippen molar-refractivity contribution < 1.29 is 23.7 Å². The minimum absolute atomic E-state index is 0.395. The molecule has 1 fully saturated rings. The van der Waals surface area contributed by atoms with E-state index in [0.717, 1.165) is 36.7 Å². The van der Waals surface area contributed by atoms with Crippen LogP contribution >= 0.6 is 0 Å². The first-order valence-electron chi connectivity index (χ1n) is 11.3. The van der Waals surface area contributed by atoms with Crippen LogP contribution in [0.25, 0.3) is 5.76 Å². The molecule has 1 aromatic carbocycles. The summed E-state index contributed by atoms with van der Waals surface area (Å²) in [7, 11) is 3.15. The molecule has 1 amide bonds. The maximum Gasteiger partial charge on any atom is 0.411 e. The van der Waals surface area contributed by atoms with Crippen molar-refractivity contribution in [3.05, 3.63) is 53.4 Å². The monoisotopic (exact) mass is 455 g/mol. The highest BCUT2D eigenvalue weighted by Gasteiger charge is 2.15. The molecule has 0 aromatic heterocycles. The molecule has 1 saturated heterocycles. The van der Waals surface area contributed by atoms with Crippen molar-refractivity contribution in [1.29, 1.82) is 5.41 Å². The van der Waals surface area contributed by atoms with Gasteiger partial charge in [-0.1, -0.05) is 6.42 Å². The van der Waals surface area contributed by atoms with Crippen LogP contribution in [0, 0.1) is 5.41 Å². The van der Waals surface area contributed by atoms with Crippen molar-refractivity contribution in [2.45, 2.75) is 32.1 Å². The van der Waals surface area contributed by atoms with Crippen molar-refractivity contribution in [3.8, 4) is 11.5 Å². The number of nitrogens with zero attached hydrogens (tertiary/aromatic N) is 1. The fraction of sp³-hybridized carbons (Fsp3) is 0.440. The van der Waals surface area contributed by atoms with Crippen molar-refractivity contribution in [2.24, 2.45) is 0 Å². The number of allylic oxidation sites excluding steroid dienone is 5. The van der Waals surface area contributed by atoms with Gasteiger partial charge in [0.1, 0.15) is 18.1 Å². The smallest absolute Gasteiger partial charge is 0.411 e. The quantitative estimate of drug-likeness (QED) is 0.399. The summed E-state index contributed by atoms with van der Waals surface area (Å²) in [6.07, 6.45) is 10.9. The number of alkyl carbamates (subject to hydrolysis) is 1. The van der Waals surface area contributed by atoms with Crippen LogP contribution in [0.1, 0.15) is 37.7 Å². The van der Waals surface area contributed by atoms with E-state index in [1.807, 2.05) is 18.2 Å². The summed E-state index contributed by atoms with van der Waals surface area (Å²) in [6.45, 7) is 3.35. The van der Waals surface area contributed by atoms with Gasteiger partial charge in [0.25, 0.3) is 0 Å². The number of carbonyl (C=O) groups is 1. The maximum atomic E-state index is 12.1. The molecule has 3 rings (SSSR count). The lowest BCUT2D eigenvalue weighted by Crippen LogP contribution is -2.34. The van der Waals surface area contributed by atoms with Crippen molar-refractivity contribution >= 4 is 18.1 Å². The molecule has 0 unspecified atom stereocenters. The van der Waals surface area contributed by atoms with Crippen LogP contribution in [0.15, 0.2) is 47.9 Å². The second-order valence-electron chi connectivity index (χ2n) is 7.86. The molecule has 2 aliphatic rings.